The number of amides is 1. The predicted octanol–water partition coefficient (Wildman–Crippen LogP) is 4.60. The highest BCUT2D eigenvalue weighted by Crippen LogP contribution is 2.37. The summed E-state index contributed by atoms with van der Waals surface area (Å²) in [6.07, 6.45) is 8.67. The number of rotatable bonds is 7. The van der Waals surface area contributed by atoms with Crippen LogP contribution >= 0.6 is 0 Å². The fourth-order valence-corrected chi connectivity index (χ4v) is 6.54. The maximum atomic E-state index is 13.2. The number of hydrogen-bond acceptors (Lipinski definition) is 7. The summed E-state index contributed by atoms with van der Waals surface area (Å²) in [6.45, 7) is 9.26. The molecule has 4 rings (SSSR count). The predicted molar refractivity (Wildman–Crippen MR) is 138 cm³/mol. The van der Waals surface area contributed by atoms with Crippen molar-refractivity contribution in [2.24, 2.45) is 11.8 Å². The van der Waals surface area contributed by atoms with Gasteiger partial charge < -0.3 is 10.2 Å². The van der Waals surface area contributed by atoms with E-state index in [1.165, 1.54) is 38.2 Å². The maximum Gasteiger partial charge on any atom is 0.281 e. The van der Waals surface area contributed by atoms with Crippen LogP contribution < -0.4 is 14.9 Å². The molecule has 1 saturated heterocycles. The lowest BCUT2D eigenvalue weighted by molar-refractivity contribution is 0.0981. The van der Waals surface area contributed by atoms with Gasteiger partial charge in [0.05, 0.1) is 5.56 Å². The molecule has 2 aliphatic rings. The summed E-state index contributed by atoms with van der Waals surface area (Å²) in [5.74, 6) is 1.28. The highest BCUT2D eigenvalue weighted by Gasteiger charge is 2.39. The molecule has 2 aromatic rings. The number of sulfonamides is 1. The Morgan fingerprint density at radius 1 is 1.14 bits per heavy atom. The first-order valence-corrected chi connectivity index (χ1v) is 14.1. The summed E-state index contributed by atoms with van der Waals surface area (Å²) in [5, 5.41) is 3.18. The summed E-state index contributed by atoms with van der Waals surface area (Å²) in [7, 11) is -4.17. The quantitative estimate of drug-likeness (QED) is 0.574. The van der Waals surface area contributed by atoms with Gasteiger partial charge in [-0.2, -0.15) is 8.42 Å². The van der Waals surface area contributed by atoms with Crippen LogP contribution in [0.4, 0.5) is 11.6 Å². The van der Waals surface area contributed by atoms with Crippen LogP contribution in [0.3, 0.4) is 0 Å². The summed E-state index contributed by atoms with van der Waals surface area (Å²) in [4.78, 5) is 24.0. The molecule has 2 N–H and O–H groups in total. The molecule has 1 saturated carbocycles. The van der Waals surface area contributed by atoms with Crippen molar-refractivity contribution in [3.63, 3.8) is 0 Å². The highest BCUT2D eigenvalue weighted by atomic mass is 32.2. The number of carbonyl (C=O) groups is 1. The van der Waals surface area contributed by atoms with Crippen molar-refractivity contribution < 1.29 is 13.2 Å². The number of aromatic nitrogens is 2. The first-order chi connectivity index (χ1) is 16.6. The molecule has 2 atom stereocenters. The van der Waals surface area contributed by atoms with E-state index in [0.717, 1.165) is 13.0 Å². The fraction of sp³-hybridized carbons (Fsp3) is 0.577. The van der Waals surface area contributed by atoms with E-state index in [4.69, 9.17) is 0 Å². The minimum atomic E-state index is -4.17. The summed E-state index contributed by atoms with van der Waals surface area (Å²) in [5.41, 5.74) is 0.0524. The molecular weight excluding hydrogens is 462 g/mol. The summed E-state index contributed by atoms with van der Waals surface area (Å²) < 4.78 is 28.4. The lowest BCUT2D eigenvalue weighted by atomic mass is 9.84. The number of carbonyl (C=O) groups excluding carboxylic acids is 1. The molecule has 0 aromatic carbocycles. The van der Waals surface area contributed by atoms with Crippen molar-refractivity contribution in [1.29, 1.82) is 0 Å². The second-order valence-corrected chi connectivity index (χ2v) is 12.4. The van der Waals surface area contributed by atoms with Gasteiger partial charge in [-0.3, -0.25) is 4.79 Å². The maximum absolute atomic E-state index is 13.2. The van der Waals surface area contributed by atoms with Gasteiger partial charge in [0.2, 0.25) is 0 Å². The normalized spacial score (nSPS) is 21.5. The smallest absolute Gasteiger partial charge is 0.281 e. The second-order valence-electron chi connectivity index (χ2n) is 10.7. The monoisotopic (exact) mass is 499 g/mol. The second kappa shape index (κ2) is 10.1. The van der Waals surface area contributed by atoms with Crippen LogP contribution in [-0.4, -0.2) is 42.4 Å². The molecule has 8 nitrogen and oxygen atoms in total. The zero-order valence-corrected chi connectivity index (χ0v) is 21.9. The minimum Gasteiger partial charge on any atom is -0.367 e. The van der Waals surface area contributed by atoms with Crippen LogP contribution in [0, 0.1) is 11.8 Å². The zero-order chi connectivity index (χ0) is 25.2. The van der Waals surface area contributed by atoms with Gasteiger partial charge in [-0.25, -0.2) is 14.7 Å². The molecular formula is C26H37N5O3S. The molecule has 0 radical (unpaired) electrons. The number of pyridine rings is 2. The third kappa shape index (κ3) is 5.77. The van der Waals surface area contributed by atoms with Gasteiger partial charge in [-0.1, -0.05) is 32.3 Å². The van der Waals surface area contributed by atoms with Crippen molar-refractivity contribution >= 4 is 27.6 Å². The average molecular weight is 500 g/mol. The third-order valence-electron chi connectivity index (χ3n) is 7.32. The zero-order valence-electron chi connectivity index (χ0n) is 21.1. The SMILES string of the molecule is CC1CN(c2ncccc2C(=O)NS(=O)(=O)c2cccc(N[C@H](C)C3CCCCC3)n2)C(C)(C)C1. The Bertz CT molecular complexity index is 1160. The van der Waals surface area contributed by atoms with Crippen molar-refractivity contribution in [3.8, 4) is 0 Å². The average Bonchev–Trinajstić information content (AvgIpc) is 3.11. The Morgan fingerprint density at radius 3 is 2.57 bits per heavy atom. The van der Waals surface area contributed by atoms with Crippen molar-refractivity contribution in [2.45, 2.75) is 82.8 Å². The molecule has 2 aromatic heterocycles. The van der Waals surface area contributed by atoms with Crippen LogP contribution in [-0.2, 0) is 10.0 Å². The van der Waals surface area contributed by atoms with E-state index >= 15 is 0 Å². The highest BCUT2D eigenvalue weighted by molar-refractivity contribution is 7.90. The third-order valence-corrected chi connectivity index (χ3v) is 8.55. The lowest BCUT2D eigenvalue weighted by Crippen LogP contribution is -2.41. The van der Waals surface area contributed by atoms with Gasteiger partial charge in [-0.15, -0.1) is 0 Å². The summed E-state index contributed by atoms with van der Waals surface area (Å²) in [6, 6.07) is 8.26. The van der Waals surface area contributed by atoms with Gasteiger partial charge in [0.25, 0.3) is 15.9 Å². The van der Waals surface area contributed by atoms with Gasteiger partial charge in [0.15, 0.2) is 5.03 Å². The Labute approximate surface area is 209 Å². The first-order valence-electron chi connectivity index (χ1n) is 12.6. The van der Waals surface area contributed by atoms with Gasteiger partial charge >= 0.3 is 0 Å². The number of anilines is 2. The first kappa shape index (κ1) is 25.4. The van der Waals surface area contributed by atoms with E-state index < -0.39 is 15.9 Å². The van der Waals surface area contributed by atoms with Crippen molar-refractivity contribution in [2.75, 3.05) is 16.8 Å². The molecule has 190 valence electrons. The minimum absolute atomic E-state index is 0.182. The van der Waals surface area contributed by atoms with Crippen LogP contribution in [0.15, 0.2) is 41.6 Å². The molecule has 2 fully saturated rings. The Hall–Kier alpha value is -2.68. The van der Waals surface area contributed by atoms with Crippen LogP contribution in [0.25, 0.3) is 0 Å². The molecule has 3 heterocycles. The van der Waals surface area contributed by atoms with Gasteiger partial charge in [0, 0.05) is 24.3 Å². The molecule has 0 spiro atoms. The van der Waals surface area contributed by atoms with Crippen LogP contribution in [0.1, 0.15) is 76.6 Å². The molecule has 1 amide bonds. The summed E-state index contributed by atoms with van der Waals surface area (Å²) >= 11 is 0. The van der Waals surface area contributed by atoms with Gasteiger partial charge in [-0.05, 0) is 76.1 Å². The molecule has 0 bridgehead atoms. The molecule has 35 heavy (non-hydrogen) atoms. The van der Waals surface area contributed by atoms with Crippen molar-refractivity contribution in [3.05, 3.63) is 42.1 Å². The molecule has 9 heteroatoms. The van der Waals surface area contributed by atoms with E-state index in [1.807, 2.05) is 0 Å². The largest absolute Gasteiger partial charge is 0.367 e. The molecule has 1 aliphatic carbocycles. The number of nitrogens with zero attached hydrogens (tertiary/aromatic N) is 3. The van der Waals surface area contributed by atoms with E-state index in [-0.39, 0.29) is 22.2 Å². The number of hydrogen-bond donors (Lipinski definition) is 2. The topological polar surface area (TPSA) is 104 Å². The van der Waals surface area contributed by atoms with Crippen molar-refractivity contribution in [1.82, 2.24) is 14.7 Å². The van der Waals surface area contributed by atoms with E-state index in [0.29, 0.717) is 23.5 Å². The van der Waals surface area contributed by atoms with Crippen LogP contribution in [0.5, 0.6) is 0 Å². The van der Waals surface area contributed by atoms with E-state index in [1.54, 1.807) is 30.5 Å². The van der Waals surface area contributed by atoms with E-state index in [9.17, 15) is 13.2 Å². The van der Waals surface area contributed by atoms with Crippen LogP contribution in [0.2, 0.25) is 0 Å². The standard InChI is InChI=1S/C26H37N5O3S/c1-18-16-26(3,4)31(17-18)24-21(12-9-15-27-24)25(32)30-35(33,34)23-14-8-13-22(29-23)28-19(2)20-10-6-5-7-11-20/h8-9,12-15,18-20H,5-7,10-11,16-17H2,1-4H3,(H,28,29)(H,30,32)/t18?,19-/m1/s1. The Balaban J connectivity index is 1.51. The Kier molecular flexibility index (Phi) is 7.35. The molecule has 1 aliphatic heterocycles. The Morgan fingerprint density at radius 2 is 1.89 bits per heavy atom. The number of nitrogens with one attached hydrogen (secondary N) is 2. The van der Waals surface area contributed by atoms with E-state index in [2.05, 4.69) is 52.6 Å². The van der Waals surface area contributed by atoms with Gasteiger partial charge in [0.1, 0.15) is 11.6 Å². The fourth-order valence-electron chi connectivity index (χ4n) is 5.61. The lowest BCUT2D eigenvalue weighted by Gasteiger charge is -2.33. The molecule has 1 unspecified atom stereocenters.